The molecule has 7 heteroatoms. The number of amides is 2. The number of Topliss-reactive ketones (excluding diaryl/α,β-unsaturated/α-hetero) is 1. The number of carbonyl (C=O) groups excluding carboxylic acids is 3. The highest BCUT2D eigenvalue weighted by Gasteiger charge is 2.62. The van der Waals surface area contributed by atoms with Crippen molar-refractivity contribution in [2.45, 2.75) is 24.4 Å². The van der Waals surface area contributed by atoms with Gasteiger partial charge in [0.1, 0.15) is 5.78 Å². The molecule has 1 heterocycles. The number of benzene rings is 2. The number of fused-ring (bicyclic) bond motifs is 1. The summed E-state index contributed by atoms with van der Waals surface area (Å²) < 4.78 is 39.2. The minimum absolute atomic E-state index is 0.0861. The van der Waals surface area contributed by atoms with Gasteiger partial charge in [-0.1, -0.05) is 30.3 Å². The van der Waals surface area contributed by atoms with Gasteiger partial charge in [-0.25, -0.2) is 4.90 Å². The second-order valence-corrected chi connectivity index (χ2v) is 7.50. The van der Waals surface area contributed by atoms with Crippen LogP contribution in [0.2, 0.25) is 0 Å². The van der Waals surface area contributed by atoms with Crippen LogP contribution in [0.15, 0.2) is 48.5 Å². The van der Waals surface area contributed by atoms with Crippen molar-refractivity contribution in [3.05, 3.63) is 65.2 Å². The Morgan fingerprint density at radius 3 is 2.25 bits per heavy atom. The highest BCUT2D eigenvalue weighted by atomic mass is 19.4. The summed E-state index contributed by atoms with van der Waals surface area (Å²) in [5, 5.41) is 0. The van der Waals surface area contributed by atoms with Gasteiger partial charge in [-0.2, -0.15) is 13.2 Å². The van der Waals surface area contributed by atoms with Gasteiger partial charge < -0.3 is 0 Å². The highest BCUT2D eigenvalue weighted by molar-refractivity contribution is 6.24. The van der Waals surface area contributed by atoms with Crippen LogP contribution in [0.3, 0.4) is 0 Å². The van der Waals surface area contributed by atoms with E-state index in [9.17, 15) is 27.6 Å². The molecule has 2 bridgehead atoms. The largest absolute Gasteiger partial charge is 0.416 e. The average molecular weight is 385 g/mol. The molecule has 4 atom stereocenters. The monoisotopic (exact) mass is 385 g/mol. The summed E-state index contributed by atoms with van der Waals surface area (Å²) in [6.07, 6.45) is -4.40. The molecule has 0 aromatic heterocycles. The van der Waals surface area contributed by atoms with Gasteiger partial charge in [-0.15, -0.1) is 0 Å². The summed E-state index contributed by atoms with van der Waals surface area (Å²) in [6, 6.07) is 11.5. The molecule has 0 N–H and O–H groups in total. The number of hydrogen-bond acceptors (Lipinski definition) is 3. The van der Waals surface area contributed by atoms with Gasteiger partial charge in [-0.3, -0.25) is 14.4 Å². The molecule has 0 radical (unpaired) electrons. The third kappa shape index (κ3) is 2.16. The second-order valence-electron chi connectivity index (χ2n) is 7.50. The van der Waals surface area contributed by atoms with E-state index in [0.29, 0.717) is 0 Å². The lowest BCUT2D eigenvalue weighted by atomic mass is 9.56. The molecule has 2 aromatic carbocycles. The van der Waals surface area contributed by atoms with Crippen LogP contribution < -0.4 is 4.90 Å². The number of ketones is 1. The first-order valence-electron chi connectivity index (χ1n) is 8.95. The molecular formula is C21H14F3NO3. The lowest BCUT2D eigenvalue weighted by Gasteiger charge is -2.43. The number of nitrogens with zero attached hydrogens (tertiary/aromatic N) is 1. The van der Waals surface area contributed by atoms with Gasteiger partial charge in [0.15, 0.2) is 0 Å². The Labute approximate surface area is 157 Å². The van der Waals surface area contributed by atoms with Gasteiger partial charge in [0.2, 0.25) is 11.8 Å². The number of alkyl halides is 3. The maximum Gasteiger partial charge on any atom is 0.416 e. The summed E-state index contributed by atoms with van der Waals surface area (Å²) in [7, 11) is 0. The van der Waals surface area contributed by atoms with Gasteiger partial charge in [0, 0.05) is 12.3 Å². The van der Waals surface area contributed by atoms with Crippen molar-refractivity contribution in [1.29, 1.82) is 0 Å². The first-order chi connectivity index (χ1) is 13.3. The quantitative estimate of drug-likeness (QED) is 0.704. The third-order valence-corrected chi connectivity index (χ3v) is 6.12. The maximum absolute atomic E-state index is 13.1. The summed E-state index contributed by atoms with van der Waals surface area (Å²) >= 11 is 0. The molecule has 1 saturated heterocycles. The van der Waals surface area contributed by atoms with E-state index in [-0.39, 0.29) is 17.9 Å². The molecule has 3 aliphatic carbocycles. The zero-order valence-electron chi connectivity index (χ0n) is 14.4. The number of halogens is 3. The second kappa shape index (κ2) is 5.53. The Kier molecular flexibility index (Phi) is 3.39. The first-order valence-corrected chi connectivity index (χ1v) is 8.95. The van der Waals surface area contributed by atoms with Crippen molar-refractivity contribution in [2.24, 2.45) is 11.8 Å². The summed E-state index contributed by atoms with van der Waals surface area (Å²) in [5.74, 6) is -3.87. The fourth-order valence-corrected chi connectivity index (χ4v) is 5.04. The standard InChI is InChI=1S/C21H14F3NO3/c22-21(23,24)10-4-3-5-11(8-10)25-19(27)17-14-9-15(26)16(18(17)20(25)28)13-7-2-1-6-12(13)14/h1-8,14,16-18H,9H2/t14-,16+,17-,18+/m1/s1. The van der Waals surface area contributed by atoms with E-state index in [0.717, 1.165) is 28.2 Å². The lowest BCUT2D eigenvalue weighted by Crippen LogP contribution is -2.44. The van der Waals surface area contributed by atoms with Crippen molar-refractivity contribution in [3.63, 3.8) is 0 Å². The number of rotatable bonds is 1. The fraction of sp³-hybridized carbons (Fsp3) is 0.286. The Balaban J connectivity index is 1.62. The lowest BCUT2D eigenvalue weighted by molar-refractivity contribution is -0.137. The van der Waals surface area contributed by atoms with Gasteiger partial charge >= 0.3 is 6.18 Å². The first kappa shape index (κ1) is 17.2. The number of carbonyl (C=O) groups is 3. The minimum atomic E-state index is -4.58. The van der Waals surface area contributed by atoms with Gasteiger partial charge in [-0.05, 0) is 29.3 Å². The van der Waals surface area contributed by atoms with Crippen LogP contribution in [0.25, 0.3) is 0 Å². The molecule has 2 fully saturated rings. The zero-order valence-corrected chi connectivity index (χ0v) is 14.4. The Hall–Kier alpha value is -2.96. The van der Waals surface area contributed by atoms with Crippen LogP contribution in [-0.2, 0) is 20.6 Å². The molecule has 4 nitrogen and oxygen atoms in total. The number of anilines is 1. The molecule has 142 valence electrons. The minimum Gasteiger partial charge on any atom is -0.299 e. The van der Waals surface area contributed by atoms with E-state index in [1.807, 2.05) is 12.1 Å². The predicted molar refractivity (Wildman–Crippen MR) is 92.5 cm³/mol. The van der Waals surface area contributed by atoms with Gasteiger partial charge in [0.05, 0.1) is 29.0 Å². The molecule has 0 unspecified atom stereocenters. The van der Waals surface area contributed by atoms with Crippen LogP contribution in [-0.4, -0.2) is 17.6 Å². The normalized spacial score (nSPS) is 28.5. The van der Waals surface area contributed by atoms with Crippen LogP contribution >= 0.6 is 0 Å². The molecule has 28 heavy (non-hydrogen) atoms. The third-order valence-electron chi connectivity index (χ3n) is 6.12. The van der Waals surface area contributed by atoms with E-state index >= 15 is 0 Å². The van der Waals surface area contributed by atoms with Gasteiger partial charge in [0.25, 0.3) is 0 Å². The van der Waals surface area contributed by atoms with Crippen molar-refractivity contribution in [1.82, 2.24) is 0 Å². The molecule has 6 rings (SSSR count). The smallest absolute Gasteiger partial charge is 0.299 e. The topological polar surface area (TPSA) is 54.5 Å². The molecule has 0 spiro atoms. The van der Waals surface area contributed by atoms with Crippen LogP contribution in [0.1, 0.15) is 34.9 Å². The average Bonchev–Trinajstić information content (AvgIpc) is 2.93. The van der Waals surface area contributed by atoms with Crippen molar-refractivity contribution in [3.8, 4) is 0 Å². The SMILES string of the molecule is O=C1C[C@@H]2c3ccccc3[C@@H]1[C@@H]1C(=O)N(c3cccc(C(F)(F)F)c3)C(=O)[C@@H]12. The summed E-state index contributed by atoms with van der Waals surface area (Å²) in [5.41, 5.74) is 0.621. The molecule has 2 aromatic rings. The Morgan fingerprint density at radius 1 is 0.857 bits per heavy atom. The van der Waals surface area contributed by atoms with E-state index in [1.54, 1.807) is 12.1 Å². The highest BCUT2D eigenvalue weighted by Crippen LogP contribution is 2.57. The Bertz CT molecular complexity index is 1050. The van der Waals surface area contributed by atoms with E-state index < -0.39 is 47.2 Å². The Morgan fingerprint density at radius 2 is 1.54 bits per heavy atom. The molecule has 1 aliphatic heterocycles. The van der Waals surface area contributed by atoms with Crippen LogP contribution in [0, 0.1) is 11.8 Å². The molecule has 2 amide bonds. The van der Waals surface area contributed by atoms with Crippen molar-refractivity contribution < 1.29 is 27.6 Å². The maximum atomic E-state index is 13.1. The molecule has 1 saturated carbocycles. The zero-order chi connectivity index (χ0) is 19.8. The molecule has 4 aliphatic rings. The summed E-state index contributed by atoms with van der Waals surface area (Å²) in [6.45, 7) is 0. The van der Waals surface area contributed by atoms with Crippen molar-refractivity contribution in [2.75, 3.05) is 4.90 Å². The van der Waals surface area contributed by atoms with Crippen molar-refractivity contribution >= 4 is 23.3 Å². The van der Waals surface area contributed by atoms with E-state index in [4.69, 9.17) is 0 Å². The fourth-order valence-electron chi connectivity index (χ4n) is 5.04. The predicted octanol–water partition coefficient (Wildman–Crippen LogP) is 3.66. The molecular weight excluding hydrogens is 371 g/mol. The summed E-state index contributed by atoms with van der Waals surface area (Å²) in [4.78, 5) is 39.7. The van der Waals surface area contributed by atoms with E-state index in [2.05, 4.69) is 0 Å². The number of hydrogen-bond donors (Lipinski definition) is 0. The van der Waals surface area contributed by atoms with Crippen LogP contribution in [0.5, 0.6) is 0 Å². The number of imide groups is 1. The van der Waals surface area contributed by atoms with Crippen LogP contribution in [0.4, 0.5) is 18.9 Å². The van der Waals surface area contributed by atoms with E-state index in [1.165, 1.54) is 12.1 Å².